The molecule has 0 spiro atoms. The van der Waals surface area contributed by atoms with Crippen LogP contribution in [0.25, 0.3) is 21.9 Å². The zero-order chi connectivity index (χ0) is 23.8. The van der Waals surface area contributed by atoms with Crippen molar-refractivity contribution in [2.45, 2.75) is 83.3 Å². The summed E-state index contributed by atoms with van der Waals surface area (Å²) in [6, 6.07) is 5.47. The maximum Gasteiger partial charge on any atom is 0.223 e. The Morgan fingerprint density at radius 3 is 2.49 bits per heavy atom. The second kappa shape index (κ2) is 9.97. The molecule has 1 aliphatic heterocycles. The van der Waals surface area contributed by atoms with Crippen LogP contribution in [0.5, 0.6) is 0 Å². The lowest BCUT2D eigenvalue weighted by Gasteiger charge is -2.42. The molecule has 8 nitrogen and oxygen atoms in total. The molecule has 1 N–H and O–H groups in total. The van der Waals surface area contributed by atoms with E-state index >= 15 is 0 Å². The number of hydrogen-bond donors (Lipinski definition) is 1. The molecule has 3 heterocycles. The highest BCUT2D eigenvalue weighted by Gasteiger charge is 2.29. The molecule has 2 aliphatic carbocycles. The lowest BCUT2D eigenvalue weighted by molar-refractivity contribution is 0.0699. The quantitative estimate of drug-likeness (QED) is 0.562. The van der Waals surface area contributed by atoms with Crippen molar-refractivity contribution in [3.8, 4) is 0 Å². The molecule has 1 saturated heterocycles. The van der Waals surface area contributed by atoms with Gasteiger partial charge in [0, 0.05) is 62.4 Å². The van der Waals surface area contributed by atoms with Crippen LogP contribution in [-0.4, -0.2) is 79.6 Å². The van der Waals surface area contributed by atoms with Crippen molar-refractivity contribution >= 4 is 27.9 Å². The molecule has 188 valence electrons. The van der Waals surface area contributed by atoms with Crippen LogP contribution in [-0.2, 0) is 0 Å². The lowest BCUT2D eigenvalue weighted by Crippen LogP contribution is -2.52. The molecule has 0 bridgehead atoms. The molecule has 0 amide bonds. The van der Waals surface area contributed by atoms with Gasteiger partial charge in [-0.1, -0.05) is 18.1 Å². The van der Waals surface area contributed by atoms with E-state index in [9.17, 15) is 0 Å². The summed E-state index contributed by atoms with van der Waals surface area (Å²) in [5.74, 6) is 1.70. The van der Waals surface area contributed by atoms with Crippen molar-refractivity contribution in [2.24, 2.45) is 5.92 Å². The summed E-state index contributed by atoms with van der Waals surface area (Å²) >= 11 is 0. The predicted octanol–water partition coefficient (Wildman–Crippen LogP) is 4.49. The van der Waals surface area contributed by atoms with Crippen LogP contribution < -0.4 is 5.32 Å². The van der Waals surface area contributed by atoms with Crippen molar-refractivity contribution < 1.29 is 0 Å². The topological polar surface area (TPSA) is 75.0 Å². The van der Waals surface area contributed by atoms with Crippen LogP contribution >= 0.6 is 0 Å². The summed E-state index contributed by atoms with van der Waals surface area (Å²) < 4.78 is 1.97. The van der Waals surface area contributed by atoms with Crippen molar-refractivity contribution in [1.29, 1.82) is 0 Å². The molecule has 0 radical (unpaired) electrons. The average molecular weight is 477 g/mol. The zero-order valence-corrected chi connectivity index (χ0v) is 21.4. The fourth-order valence-electron chi connectivity index (χ4n) is 6.59. The average Bonchev–Trinajstić information content (AvgIpc) is 3.55. The fourth-order valence-corrected chi connectivity index (χ4v) is 6.59. The third-order valence-corrected chi connectivity index (χ3v) is 8.62. The molecule has 6 rings (SSSR count). The van der Waals surface area contributed by atoms with E-state index in [0.717, 1.165) is 39.8 Å². The van der Waals surface area contributed by atoms with E-state index in [1.165, 1.54) is 84.1 Å². The smallest absolute Gasteiger partial charge is 0.223 e. The molecule has 2 aromatic heterocycles. The van der Waals surface area contributed by atoms with Gasteiger partial charge in [-0.05, 0) is 70.4 Å². The Bertz CT molecular complexity index is 1130. The number of nitrogens with one attached hydrogen (secondary N) is 1. The first-order chi connectivity index (χ1) is 17.1. The summed E-state index contributed by atoms with van der Waals surface area (Å²) in [7, 11) is 0. The van der Waals surface area contributed by atoms with Gasteiger partial charge in [0.05, 0.1) is 0 Å². The number of anilines is 1. The van der Waals surface area contributed by atoms with E-state index in [0.29, 0.717) is 6.04 Å². The molecular weight excluding hydrogens is 436 g/mol. The molecule has 1 aromatic carbocycles. The van der Waals surface area contributed by atoms with E-state index in [-0.39, 0.29) is 6.04 Å². The molecule has 8 heteroatoms. The van der Waals surface area contributed by atoms with Gasteiger partial charge in [0.1, 0.15) is 16.6 Å². The second-order valence-electron chi connectivity index (χ2n) is 11.3. The van der Waals surface area contributed by atoms with Crippen LogP contribution in [0.15, 0.2) is 18.3 Å². The van der Waals surface area contributed by atoms with Crippen LogP contribution in [0, 0.1) is 5.92 Å². The first-order valence-electron chi connectivity index (χ1n) is 13.9. The van der Waals surface area contributed by atoms with E-state index in [1.54, 1.807) is 0 Å². The molecule has 0 unspecified atom stereocenters. The minimum atomic E-state index is 0.233. The molecular formula is C27H40N8. The van der Waals surface area contributed by atoms with E-state index < -0.39 is 0 Å². The number of rotatable bonds is 6. The van der Waals surface area contributed by atoms with Gasteiger partial charge in [0.2, 0.25) is 5.95 Å². The third kappa shape index (κ3) is 4.87. The lowest BCUT2D eigenvalue weighted by atomic mass is 9.90. The summed E-state index contributed by atoms with van der Waals surface area (Å²) in [6.45, 7) is 10.6. The number of piperazine rings is 1. The monoisotopic (exact) mass is 476 g/mol. The summed E-state index contributed by atoms with van der Waals surface area (Å²) in [5, 5.41) is 13.4. The second-order valence-corrected chi connectivity index (χ2v) is 11.3. The molecule has 3 aliphatic rings. The van der Waals surface area contributed by atoms with Crippen molar-refractivity contribution in [1.82, 2.24) is 34.8 Å². The fraction of sp³-hybridized carbons (Fsp3) is 0.704. The summed E-state index contributed by atoms with van der Waals surface area (Å²) in [5.41, 5.74) is 2.82. The van der Waals surface area contributed by atoms with Crippen molar-refractivity contribution in [3.05, 3.63) is 18.3 Å². The van der Waals surface area contributed by atoms with Crippen LogP contribution in [0.4, 0.5) is 5.95 Å². The number of fused-ring (bicyclic) bond motifs is 3. The summed E-state index contributed by atoms with van der Waals surface area (Å²) in [4.78, 5) is 15.1. The maximum atomic E-state index is 4.93. The summed E-state index contributed by atoms with van der Waals surface area (Å²) in [6.07, 6.45) is 12.7. The normalized spacial score (nSPS) is 25.2. The first-order valence-corrected chi connectivity index (χ1v) is 13.9. The number of benzene rings is 1. The number of nitrogens with zero attached hydrogens (tertiary/aromatic N) is 7. The highest BCUT2D eigenvalue weighted by molar-refractivity contribution is 6.01. The van der Waals surface area contributed by atoms with Crippen molar-refractivity contribution in [3.63, 3.8) is 0 Å². The minimum Gasteiger partial charge on any atom is -0.351 e. The maximum absolute atomic E-state index is 4.93. The highest BCUT2D eigenvalue weighted by atomic mass is 15.4. The third-order valence-electron chi connectivity index (χ3n) is 8.62. The highest BCUT2D eigenvalue weighted by Crippen LogP contribution is 2.29. The van der Waals surface area contributed by atoms with Gasteiger partial charge in [-0.2, -0.15) is 0 Å². The van der Waals surface area contributed by atoms with Gasteiger partial charge >= 0.3 is 0 Å². The van der Waals surface area contributed by atoms with Crippen molar-refractivity contribution in [2.75, 3.05) is 38.0 Å². The van der Waals surface area contributed by atoms with E-state index in [2.05, 4.69) is 44.3 Å². The molecule has 3 fully saturated rings. The van der Waals surface area contributed by atoms with Gasteiger partial charge in [-0.15, -0.1) is 5.10 Å². The van der Waals surface area contributed by atoms with Gasteiger partial charge in [-0.25, -0.2) is 14.6 Å². The Kier molecular flexibility index (Phi) is 6.58. The van der Waals surface area contributed by atoms with Gasteiger partial charge in [0.15, 0.2) is 0 Å². The molecule has 3 aromatic rings. The van der Waals surface area contributed by atoms with Gasteiger partial charge in [-0.3, -0.25) is 4.90 Å². The Labute approximate surface area is 208 Å². The van der Waals surface area contributed by atoms with Crippen LogP contribution in [0.3, 0.4) is 0 Å². The molecule has 0 atom stereocenters. The van der Waals surface area contributed by atoms with Gasteiger partial charge < -0.3 is 10.2 Å². The van der Waals surface area contributed by atoms with E-state index in [1.807, 2.05) is 23.0 Å². The van der Waals surface area contributed by atoms with E-state index in [4.69, 9.17) is 4.98 Å². The molecule has 35 heavy (non-hydrogen) atoms. The largest absolute Gasteiger partial charge is 0.351 e. The van der Waals surface area contributed by atoms with Crippen LogP contribution in [0.2, 0.25) is 0 Å². The Balaban J connectivity index is 1.05. The Morgan fingerprint density at radius 2 is 1.74 bits per heavy atom. The minimum absolute atomic E-state index is 0.233. The molecule has 2 saturated carbocycles. The van der Waals surface area contributed by atoms with Gasteiger partial charge in [0.25, 0.3) is 0 Å². The Hall–Kier alpha value is -2.32. The first kappa shape index (κ1) is 23.1. The number of hydrogen-bond acceptors (Lipinski definition) is 7. The predicted molar refractivity (Wildman–Crippen MR) is 141 cm³/mol. The van der Waals surface area contributed by atoms with Crippen LogP contribution in [0.1, 0.15) is 71.3 Å². The Morgan fingerprint density at radius 1 is 0.971 bits per heavy atom. The number of aromatic nitrogens is 5. The zero-order valence-electron chi connectivity index (χ0n) is 21.4. The standard InChI is InChI=1S/C27H40N8/c1-19(2)35-26-24(31-32-35)12-7-21-17-28-27(30-25(21)26)29-22-8-10-23(11-9-22)34-15-13-33(14-16-34)18-20-5-3-4-6-20/h7,12,17,19-20,22-23H,3-6,8-11,13-16,18H2,1-2H3,(H,28,29,30)/t22-,23-. The SMILES string of the molecule is CC(C)n1nnc2ccc3cnc(N[C@H]4CC[C@H](N5CCN(CC6CCCC6)CC5)CC4)nc3c21.